The number of hydrogen-bond acceptors (Lipinski definition) is 4. The van der Waals surface area contributed by atoms with Gasteiger partial charge in [-0.2, -0.15) is 0 Å². The smallest absolute Gasteiger partial charge is 0.244 e. The molecule has 0 heterocycles. The Hall–Kier alpha value is -2.00. The molecule has 11 heteroatoms. The van der Waals surface area contributed by atoms with E-state index in [2.05, 4.69) is 5.32 Å². The van der Waals surface area contributed by atoms with Gasteiger partial charge in [-0.3, -0.25) is 13.9 Å². The normalized spacial score (nSPS) is 13.1. The van der Waals surface area contributed by atoms with Crippen molar-refractivity contribution in [1.82, 2.24) is 10.2 Å². The van der Waals surface area contributed by atoms with Crippen LogP contribution in [0.25, 0.3) is 0 Å². The monoisotopic (exact) mass is 561 g/mol. The van der Waals surface area contributed by atoms with Crippen molar-refractivity contribution < 1.29 is 18.0 Å². The van der Waals surface area contributed by atoms with Gasteiger partial charge in [0.05, 0.1) is 11.9 Å². The summed E-state index contributed by atoms with van der Waals surface area (Å²) in [6.45, 7) is 5.10. The Morgan fingerprint density at radius 2 is 1.57 bits per heavy atom. The van der Waals surface area contributed by atoms with Crippen LogP contribution in [0.1, 0.15) is 39.2 Å². The predicted molar refractivity (Wildman–Crippen MR) is 143 cm³/mol. The van der Waals surface area contributed by atoms with Crippen LogP contribution >= 0.6 is 34.8 Å². The number of nitrogens with zero attached hydrogens (tertiary/aromatic N) is 2. The summed E-state index contributed by atoms with van der Waals surface area (Å²) < 4.78 is 26.2. The van der Waals surface area contributed by atoms with Gasteiger partial charge < -0.3 is 10.2 Å². The Balaban J connectivity index is 2.46. The average Bonchev–Trinajstić information content (AvgIpc) is 2.78. The molecule has 2 aromatic carbocycles. The molecular formula is C24H30Cl3N3O4S. The lowest BCUT2D eigenvalue weighted by Gasteiger charge is -2.33. The summed E-state index contributed by atoms with van der Waals surface area (Å²) in [6.07, 6.45) is 2.05. The van der Waals surface area contributed by atoms with Crippen molar-refractivity contribution in [2.45, 2.75) is 52.2 Å². The zero-order chi connectivity index (χ0) is 26.3. The maximum absolute atomic E-state index is 13.6. The van der Waals surface area contributed by atoms with E-state index in [9.17, 15) is 18.0 Å². The van der Waals surface area contributed by atoms with Gasteiger partial charge in [0.2, 0.25) is 21.8 Å². The van der Waals surface area contributed by atoms with Crippen LogP contribution in [0.2, 0.25) is 15.1 Å². The number of carbonyl (C=O) groups is 2. The third-order valence-corrected chi connectivity index (χ3v) is 7.52. The summed E-state index contributed by atoms with van der Waals surface area (Å²) in [5.74, 6) is -0.875. The molecule has 0 bridgehead atoms. The fourth-order valence-electron chi connectivity index (χ4n) is 3.42. The maximum Gasteiger partial charge on any atom is 0.244 e. The number of benzene rings is 2. The lowest BCUT2D eigenvalue weighted by Crippen LogP contribution is -2.53. The topological polar surface area (TPSA) is 86.8 Å². The first-order valence-corrected chi connectivity index (χ1v) is 14.1. The Morgan fingerprint density at radius 1 is 0.971 bits per heavy atom. The molecule has 0 aliphatic rings. The van der Waals surface area contributed by atoms with Crippen LogP contribution in [-0.4, -0.2) is 50.0 Å². The van der Waals surface area contributed by atoms with E-state index in [0.717, 1.165) is 17.0 Å². The van der Waals surface area contributed by atoms with E-state index in [0.29, 0.717) is 27.1 Å². The Morgan fingerprint density at radius 3 is 2.09 bits per heavy atom. The van der Waals surface area contributed by atoms with E-state index >= 15 is 0 Å². The van der Waals surface area contributed by atoms with Gasteiger partial charge in [0.25, 0.3) is 0 Å². The minimum atomic E-state index is -3.82. The minimum Gasteiger partial charge on any atom is -0.352 e. The summed E-state index contributed by atoms with van der Waals surface area (Å²) in [5, 5.41) is 4.12. The van der Waals surface area contributed by atoms with Gasteiger partial charge in [-0.15, -0.1) is 0 Å². The van der Waals surface area contributed by atoms with Crippen molar-refractivity contribution in [1.29, 1.82) is 0 Å². The molecule has 2 amide bonds. The largest absolute Gasteiger partial charge is 0.352 e. The van der Waals surface area contributed by atoms with Crippen LogP contribution in [0.3, 0.4) is 0 Å². The molecule has 2 rings (SSSR count). The van der Waals surface area contributed by atoms with Crippen LogP contribution in [0.5, 0.6) is 0 Å². The van der Waals surface area contributed by atoms with Gasteiger partial charge in [0.15, 0.2) is 0 Å². The van der Waals surface area contributed by atoms with Gasteiger partial charge in [0, 0.05) is 27.7 Å². The Bertz CT molecular complexity index is 1140. The first-order valence-electron chi connectivity index (χ1n) is 11.1. The molecule has 0 aliphatic heterocycles. The molecule has 0 spiro atoms. The van der Waals surface area contributed by atoms with Crippen molar-refractivity contribution >= 4 is 62.3 Å². The van der Waals surface area contributed by atoms with Crippen LogP contribution in [0.4, 0.5) is 5.69 Å². The zero-order valence-electron chi connectivity index (χ0n) is 20.1. The molecule has 192 valence electrons. The summed E-state index contributed by atoms with van der Waals surface area (Å²) in [5.41, 5.74) is 0.864. The van der Waals surface area contributed by atoms with Gasteiger partial charge >= 0.3 is 0 Å². The van der Waals surface area contributed by atoms with Gasteiger partial charge in [0.1, 0.15) is 12.6 Å². The molecule has 1 N–H and O–H groups in total. The van der Waals surface area contributed by atoms with E-state index in [1.54, 1.807) is 37.3 Å². The standard InChI is InChI=1S/C24H30Cl3N3O4S/c1-5-16(3)28-24(32)22(6-2)29(14-17-7-8-19(26)13-21(17)27)23(31)15-30(35(4,33)34)20-11-9-18(25)10-12-20/h7-13,16,22H,5-6,14-15H2,1-4H3,(H,28,32). The number of amides is 2. The molecule has 2 unspecified atom stereocenters. The highest BCUT2D eigenvalue weighted by Crippen LogP contribution is 2.25. The van der Waals surface area contributed by atoms with Crippen LogP contribution < -0.4 is 9.62 Å². The van der Waals surface area contributed by atoms with Crippen LogP contribution in [0.15, 0.2) is 42.5 Å². The first kappa shape index (κ1) is 29.2. The molecule has 7 nitrogen and oxygen atoms in total. The fraction of sp³-hybridized carbons (Fsp3) is 0.417. The predicted octanol–water partition coefficient (Wildman–Crippen LogP) is 5.13. The van der Waals surface area contributed by atoms with Gasteiger partial charge in [-0.05, 0) is 61.7 Å². The number of nitrogens with one attached hydrogen (secondary N) is 1. The van der Waals surface area contributed by atoms with Gasteiger partial charge in [-0.25, -0.2) is 8.42 Å². The van der Waals surface area contributed by atoms with Gasteiger partial charge in [-0.1, -0.05) is 54.7 Å². The summed E-state index contributed by atoms with van der Waals surface area (Å²) in [6, 6.07) is 10.1. The third-order valence-electron chi connectivity index (χ3n) is 5.54. The third kappa shape index (κ3) is 8.27. The lowest BCUT2D eigenvalue weighted by molar-refractivity contribution is -0.140. The Labute approximate surface area is 222 Å². The van der Waals surface area contributed by atoms with Crippen LogP contribution in [0, 0.1) is 0 Å². The molecule has 0 radical (unpaired) electrons. The summed E-state index contributed by atoms with van der Waals surface area (Å²) in [4.78, 5) is 28.1. The summed E-state index contributed by atoms with van der Waals surface area (Å²) >= 11 is 18.3. The number of rotatable bonds is 11. The lowest BCUT2D eigenvalue weighted by atomic mass is 10.1. The molecule has 0 saturated heterocycles. The number of sulfonamides is 1. The second kappa shape index (κ2) is 12.8. The van der Waals surface area contributed by atoms with E-state index < -0.39 is 28.5 Å². The van der Waals surface area contributed by atoms with Crippen molar-refractivity contribution in [2.75, 3.05) is 17.1 Å². The molecule has 0 saturated carbocycles. The van der Waals surface area contributed by atoms with E-state index in [-0.39, 0.29) is 24.2 Å². The highest BCUT2D eigenvalue weighted by molar-refractivity contribution is 7.92. The molecule has 35 heavy (non-hydrogen) atoms. The number of carbonyl (C=O) groups excluding carboxylic acids is 2. The average molecular weight is 563 g/mol. The second-order valence-corrected chi connectivity index (χ2v) is 11.4. The first-order chi connectivity index (χ1) is 16.4. The van der Waals surface area contributed by atoms with Crippen molar-refractivity contribution in [2.24, 2.45) is 0 Å². The molecule has 0 aromatic heterocycles. The fourth-order valence-corrected chi connectivity index (χ4v) is 4.86. The maximum atomic E-state index is 13.6. The van der Waals surface area contributed by atoms with Crippen LogP contribution in [-0.2, 0) is 26.2 Å². The molecule has 2 aromatic rings. The summed E-state index contributed by atoms with van der Waals surface area (Å²) in [7, 11) is -3.82. The number of halogens is 3. The SMILES string of the molecule is CCC(C)NC(=O)C(CC)N(Cc1ccc(Cl)cc1Cl)C(=O)CN(c1ccc(Cl)cc1)S(C)(=O)=O. The van der Waals surface area contributed by atoms with E-state index in [4.69, 9.17) is 34.8 Å². The van der Waals surface area contributed by atoms with Crippen molar-refractivity contribution in [3.05, 3.63) is 63.1 Å². The molecular weight excluding hydrogens is 533 g/mol. The minimum absolute atomic E-state index is 0.000508. The van der Waals surface area contributed by atoms with E-state index in [1.807, 2.05) is 13.8 Å². The quantitative estimate of drug-likeness (QED) is 0.411. The highest BCUT2D eigenvalue weighted by atomic mass is 35.5. The van der Waals surface area contributed by atoms with E-state index in [1.165, 1.54) is 17.0 Å². The zero-order valence-corrected chi connectivity index (χ0v) is 23.2. The second-order valence-electron chi connectivity index (χ2n) is 8.25. The molecule has 2 atom stereocenters. The highest BCUT2D eigenvalue weighted by Gasteiger charge is 2.32. The van der Waals surface area contributed by atoms with Crippen molar-refractivity contribution in [3.63, 3.8) is 0 Å². The number of hydrogen-bond donors (Lipinski definition) is 1. The Kier molecular flexibility index (Phi) is 10.7. The van der Waals surface area contributed by atoms with Crippen molar-refractivity contribution in [3.8, 4) is 0 Å². The molecule has 0 aliphatic carbocycles. The number of anilines is 1. The molecule has 0 fully saturated rings.